The first-order valence-corrected chi connectivity index (χ1v) is 7.28. The first kappa shape index (κ1) is 13.7. The van der Waals surface area contributed by atoms with E-state index in [9.17, 15) is 9.90 Å². The number of aromatic hydroxyl groups is 1. The van der Waals surface area contributed by atoms with Gasteiger partial charge in [0.2, 0.25) is 5.88 Å². The van der Waals surface area contributed by atoms with Crippen LogP contribution in [0.25, 0.3) is 11.6 Å². The maximum Gasteiger partial charge on any atom is 0.323 e. The van der Waals surface area contributed by atoms with E-state index in [4.69, 9.17) is 17.3 Å². The Morgan fingerprint density at radius 2 is 2.19 bits per heavy atom. The molecule has 2 aromatic rings. The summed E-state index contributed by atoms with van der Waals surface area (Å²) in [5, 5.41) is 19.0. The van der Waals surface area contributed by atoms with Crippen LogP contribution in [0.4, 0.5) is 5.69 Å². The lowest BCUT2D eigenvalue weighted by atomic mass is 10.1. The molecule has 0 unspecified atom stereocenters. The van der Waals surface area contributed by atoms with E-state index in [2.05, 4.69) is 4.99 Å². The van der Waals surface area contributed by atoms with Crippen molar-refractivity contribution in [1.82, 2.24) is 4.57 Å². The van der Waals surface area contributed by atoms with Crippen molar-refractivity contribution in [3.63, 3.8) is 0 Å². The largest absolute Gasteiger partial charge is 0.493 e. The highest BCUT2D eigenvalue weighted by Crippen LogP contribution is 2.35. The summed E-state index contributed by atoms with van der Waals surface area (Å²) in [4.78, 5) is 15.6. The number of hydrogen-bond donors (Lipinski definition) is 2. The number of benzene rings is 1. The Balaban J connectivity index is 2.04. The van der Waals surface area contributed by atoms with Crippen molar-refractivity contribution < 1.29 is 15.0 Å². The minimum atomic E-state index is -1.05. The Bertz CT molecular complexity index is 846. The molecule has 106 valence electrons. The predicted octanol–water partition coefficient (Wildman–Crippen LogP) is 3.33. The molecule has 0 saturated carbocycles. The number of para-hydroxylation sites is 1. The van der Waals surface area contributed by atoms with E-state index < -0.39 is 5.97 Å². The van der Waals surface area contributed by atoms with E-state index in [0.29, 0.717) is 8.83 Å². The SMILES string of the molecule is O=C(O)Cn1c(O)c(/C=C2\C=Nc3ccccc32)sc1=S. The number of thiazole rings is 1. The molecular formula is C14H10N2O3S2. The zero-order valence-corrected chi connectivity index (χ0v) is 12.3. The number of carbonyl (C=O) groups is 1. The summed E-state index contributed by atoms with van der Waals surface area (Å²) in [6.45, 7) is -0.352. The molecule has 1 aliphatic rings. The highest BCUT2D eigenvalue weighted by Gasteiger charge is 2.16. The first-order chi connectivity index (χ1) is 10.1. The zero-order valence-electron chi connectivity index (χ0n) is 10.7. The molecule has 0 aliphatic carbocycles. The smallest absolute Gasteiger partial charge is 0.323 e. The quantitative estimate of drug-likeness (QED) is 0.851. The summed E-state index contributed by atoms with van der Waals surface area (Å²) in [5.74, 6) is -1.18. The molecule has 0 fully saturated rings. The summed E-state index contributed by atoms with van der Waals surface area (Å²) in [6.07, 6.45) is 3.48. The summed E-state index contributed by atoms with van der Waals surface area (Å²) < 4.78 is 1.53. The molecule has 0 bridgehead atoms. The molecule has 0 atom stereocenters. The lowest BCUT2D eigenvalue weighted by Crippen LogP contribution is -2.07. The van der Waals surface area contributed by atoms with Crippen LogP contribution in [0.5, 0.6) is 5.88 Å². The fourth-order valence-electron chi connectivity index (χ4n) is 2.08. The van der Waals surface area contributed by atoms with Crippen LogP contribution in [-0.2, 0) is 11.3 Å². The Morgan fingerprint density at radius 1 is 1.43 bits per heavy atom. The van der Waals surface area contributed by atoms with Crippen LogP contribution in [0.1, 0.15) is 10.4 Å². The Kier molecular flexibility index (Phi) is 3.44. The van der Waals surface area contributed by atoms with Crippen LogP contribution in [0.2, 0.25) is 0 Å². The van der Waals surface area contributed by atoms with Crippen LogP contribution in [0.15, 0.2) is 29.3 Å². The van der Waals surface area contributed by atoms with Gasteiger partial charge in [-0.3, -0.25) is 14.4 Å². The number of carboxylic acid groups (broad SMARTS) is 1. The molecular weight excluding hydrogens is 308 g/mol. The summed E-state index contributed by atoms with van der Waals surface area (Å²) >= 11 is 6.26. The third kappa shape index (κ3) is 2.53. The van der Waals surface area contributed by atoms with Gasteiger partial charge in [-0.1, -0.05) is 18.2 Å². The molecule has 1 aliphatic heterocycles. The van der Waals surface area contributed by atoms with Crippen molar-refractivity contribution >= 4 is 53.1 Å². The Hall–Kier alpha value is -2.25. The van der Waals surface area contributed by atoms with Gasteiger partial charge in [0.15, 0.2) is 3.95 Å². The molecule has 2 N–H and O–H groups in total. The van der Waals surface area contributed by atoms with Crippen molar-refractivity contribution in [2.75, 3.05) is 0 Å². The van der Waals surface area contributed by atoms with Gasteiger partial charge in [0, 0.05) is 17.4 Å². The van der Waals surface area contributed by atoms with Crippen molar-refractivity contribution in [2.24, 2.45) is 4.99 Å². The lowest BCUT2D eigenvalue weighted by molar-refractivity contribution is -0.137. The number of nitrogens with zero attached hydrogens (tertiary/aromatic N) is 2. The van der Waals surface area contributed by atoms with Crippen LogP contribution in [0, 0.1) is 3.95 Å². The van der Waals surface area contributed by atoms with E-state index in [0.717, 1.165) is 16.8 Å². The lowest BCUT2D eigenvalue weighted by Gasteiger charge is -2.01. The minimum absolute atomic E-state index is 0.127. The highest BCUT2D eigenvalue weighted by molar-refractivity contribution is 7.73. The monoisotopic (exact) mass is 318 g/mol. The zero-order chi connectivity index (χ0) is 15.0. The van der Waals surface area contributed by atoms with Gasteiger partial charge in [-0.15, -0.1) is 11.3 Å². The van der Waals surface area contributed by atoms with Gasteiger partial charge in [0.25, 0.3) is 0 Å². The molecule has 5 nitrogen and oxygen atoms in total. The maximum atomic E-state index is 10.8. The fourth-order valence-corrected chi connectivity index (χ4v) is 3.34. The van der Waals surface area contributed by atoms with E-state index in [1.165, 1.54) is 15.9 Å². The molecule has 1 aromatic carbocycles. The van der Waals surface area contributed by atoms with Crippen LogP contribution >= 0.6 is 23.6 Å². The number of rotatable bonds is 3. The second kappa shape index (κ2) is 5.27. The number of aliphatic carboxylic acids is 1. The molecule has 7 heteroatoms. The Morgan fingerprint density at radius 3 is 2.95 bits per heavy atom. The maximum absolute atomic E-state index is 10.8. The average Bonchev–Trinajstić information content (AvgIpc) is 2.96. The number of fused-ring (bicyclic) bond motifs is 1. The van der Waals surface area contributed by atoms with Crippen molar-refractivity contribution in [1.29, 1.82) is 0 Å². The van der Waals surface area contributed by atoms with Crippen LogP contribution < -0.4 is 0 Å². The second-order valence-corrected chi connectivity index (χ2v) is 6.09. The number of aliphatic imine (C=N–C) groups is 1. The summed E-state index contributed by atoms with van der Waals surface area (Å²) in [6, 6.07) is 7.67. The number of allylic oxidation sites excluding steroid dienone is 1. The first-order valence-electron chi connectivity index (χ1n) is 6.06. The normalized spacial score (nSPS) is 14.6. The van der Waals surface area contributed by atoms with E-state index in [-0.39, 0.29) is 12.4 Å². The summed E-state index contributed by atoms with van der Waals surface area (Å²) in [5.41, 5.74) is 2.71. The molecule has 1 aromatic heterocycles. The van der Waals surface area contributed by atoms with Crippen LogP contribution in [-0.4, -0.2) is 27.0 Å². The standard InChI is InChI=1S/C14H10N2O3S2/c17-12(18)7-16-13(19)11(21-14(16)20)5-8-6-15-10-4-2-1-3-9(8)10/h1-6,19H,7H2,(H,17,18)/b8-5+. The number of hydrogen-bond acceptors (Lipinski definition) is 5. The van der Waals surface area contributed by atoms with E-state index in [1.807, 2.05) is 24.3 Å². The molecule has 21 heavy (non-hydrogen) atoms. The van der Waals surface area contributed by atoms with E-state index in [1.54, 1.807) is 12.3 Å². The predicted molar refractivity (Wildman–Crippen MR) is 84.9 cm³/mol. The highest BCUT2D eigenvalue weighted by atomic mass is 32.1. The molecule has 0 radical (unpaired) electrons. The van der Waals surface area contributed by atoms with Gasteiger partial charge in [0.1, 0.15) is 6.54 Å². The third-order valence-corrected chi connectivity index (χ3v) is 4.42. The van der Waals surface area contributed by atoms with Gasteiger partial charge in [-0.05, 0) is 24.4 Å². The van der Waals surface area contributed by atoms with Gasteiger partial charge in [-0.2, -0.15) is 0 Å². The van der Waals surface area contributed by atoms with E-state index >= 15 is 0 Å². The molecule has 2 heterocycles. The van der Waals surface area contributed by atoms with Crippen molar-refractivity contribution in [3.05, 3.63) is 38.7 Å². The second-order valence-electron chi connectivity index (χ2n) is 4.41. The fraction of sp³-hybridized carbons (Fsp3) is 0.0714. The van der Waals surface area contributed by atoms with Gasteiger partial charge in [-0.25, -0.2) is 0 Å². The minimum Gasteiger partial charge on any atom is -0.493 e. The summed E-state index contributed by atoms with van der Waals surface area (Å²) in [7, 11) is 0. The van der Waals surface area contributed by atoms with Gasteiger partial charge >= 0.3 is 5.97 Å². The molecule has 0 spiro atoms. The van der Waals surface area contributed by atoms with Crippen molar-refractivity contribution in [3.8, 4) is 5.88 Å². The Labute approximate surface area is 129 Å². The molecule has 0 saturated heterocycles. The molecule has 0 amide bonds. The topological polar surface area (TPSA) is 74.8 Å². The van der Waals surface area contributed by atoms with Crippen molar-refractivity contribution in [2.45, 2.75) is 6.54 Å². The number of carboxylic acids is 1. The van der Waals surface area contributed by atoms with Gasteiger partial charge in [0.05, 0.1) is 10.6 Å². The van der Waals surface area contributed by atoms with Crippen LogP contribution in [0.3, 0.4) is 0 Å². The average molecular weight is 318 g/mol. The third-order valence-electron chi connectivity index (χ3n) is 3.03. The van der Waals surface area contributed by atoms with Gasteiger partial charge < -0.3 is 10.2 Å². The number of aromatic nitrogens is 1. The molecule has 3 rings (SSSR count).